The number of anilines is 1. The van der Waals surface area contributed by atoms with Crippen molar-refractivity contribution in [3.8, 4) is 12.3 Å². The van der Waals surface area contributed by atoms with Crippen molar-refractivity contribution in [2.24, 2.45) is 5.92 Å². The second-order valence-corrected chi connectivity index (χ2v) is 5.28. The quantitative estimate of drug-likeness (QED) is 0.848. The van der Waals surface area contributed by atoms with Crippen molar-refractivity contribution >= 4 is 11.7 Å². The lowest BCUT2D eigenvalue weighted by atomic mass is 9.96. The van der Waals surface area contributed by atoms with Crippen LogP contribution in [0, 0.1) is 18.3 Å². The Bertz CT molecular complexity index is 521. The molecule has 1 N–H and O–H groups in total. The van der Waals surface area contributed by atoms with Gasteiger partial charge in [-0.15, -0.1) is 6.42 Å². The summed E-state index contributed by atoms with van der Waals surface area (Å²) in [6, 6.07) is 3.64. The predicted octanol–water partition coefficient (Wildman–Crippen LogP) is 1.31. The largest absolute Gasteiger partial charge is 0.379 e. The van der Waals surface area contributed by atoms with Crippen LogP contribution < -0.4 is 10.2 Å². The molecule has 0 saturated carbocycles. The van der Waals surface area contributed by atoms with Gasteiger partial charge in [-0.3, -0.25) is 4.79 Å². The van der Waals surface area contributed by atoms with Gasteiger partial charge in [0.25, 0.3) is 5.91 Å². The second-order valence-electron chi connectivity index (χ2n) is 5.28. The van der Waals surface area contributed by atoms with Gasteiger partial charge in [0.2, 0.25) is 0 Å². The lowest BCUT2D eigenvalue weighted by Gasteiger charge is -2.36. The third kappa shape index (κ3) is 3.73. The first-order valence-corrected chi connectivity index (χ1v) is 7.11. The number of terminal acetylenes is 1. The number of carbonyl (C=O) groups is 1. The van der Waals surface area contributed by atoms with E-state index in [0.717, 1.165) is 25.3 Å². The summed E-state index contributed by atoms with van der Waals surface area (Å²) in [7, 11) is 1.75. The second kappa shape index (κ2) is 7.09. The molecule has 2 atom stereocenters. The number of nitrogens with one attached hydrogen (secondary N) is 1. The SMILES string of the molecule is C#CCNC(=O)c1ccc(N2CCC(C)C(OC)C2)nc1. The molecule has 0 radical (unpaired) electrons. The summed E-state index contributed by atoms with van der Waals surface area (Å²) in [5.41, 5.74) is 0.516. The van der Waals surface area contributed by atoms with Gasteiger partial charge in [0.05, 0.1) is 18.2 Å². The number of hydrogen-bond acceptors (Lipinski definition) is 4. The summed E-state index contributed by atoms with van der Waals surface area (Å²) in [5.74, 6) is 3.60. The van der Waals surface area contributed by atoms with E-state index in [4.69, 9.17) is 11.2 Å². The number of amides is 1. The fourth-order valence-corrected chi connectivity index (χ4v) is 2.49. The van der Waals surface area contributed by atoms with Gasteiger partial charge in [0, 0.05) is 26.4 Å². The molecule has 1 saturated heterocycles. The van der Waals surface area contributed by atoms with Crippen LogP contribution in [-0.2, 0) is 4.74 Å². The zero-order chi connectivity index (χ0) is 15.2. The standard InChI is InChI=1S/C16H21N3O2/c1-4-8-17-16(20)13-5-6-15(18-10-13)19-9-7-12(2)14(11-19)21-3/h1,5-6,10,12,14H,7-9,11H2,2-3H3,(H,17,20). The van der Waals surface area contributed by atoms with Crippen molar-refractivity contribution in [3.05, 3.63) is 23.9 Å². The average molecular weight is 287 g/mol. The highest BCUT2D eigenvalue weighted by Crippen LogP contribution is 2.23. The Labute approximate surface area is 125 Å². The van der Waals surface area contributed by atoms with Gasteiger partial charge in [-0.05, 0) is 24.5 Å². The van der Waals surface area contributed by atoms with Crippen molar-refractivity contribution < 1.29 is 9.53 Å². The van der Waals surface area contributed by atoms with Crippen molar-refractivity contribution in [1.29, 1.82) is 0 Å². The Kier molecular flexibility index (Phi) is 5.18. The van der Waals surface area contributed by atoms with E-state index in [1.165, 1.54) is 0 Å². The first-order chi connectivity index (χ1) is 10.2. The lowest BCUT2D eigenvalue weighted by molar-refractivity contribution is 0.0496. The normalized spacial score (nSPS) is 21.7. The van der Waals surface area contributed by atoms with Crippen LogP contribution in [0.25, 0.3) is 0 Å². The Hall–Kier alpha value is -2.06. The number of piperidine rings is 1. The van der Waals surface area contributed by atoms with Crippen LogP contribution in [0.4, 0.5) is 5.82 Å². The smallest absolute Gasteiger partial charge is 0.253 e. The summed E-state index contributed by atoms with van der Waals surface area (Å²) >= 11 is 0. The molecule has 1 aromatic heterocycles. The molecule has 1 fully saturated rings. The van der Waals surface area contributed by atoms with E-state index < -0.39 is 0 Å². The number of hydrogen-bond donors (Lipinski definition) is 1. The summed E-state index contributed by atoms with van der Waals surface area (Å²) in [6.07, 6.45) is 7.99. The van der Waals surface area contributed by atoms with Crippen molar-refractivity contribution in [1.82, 2.24) is 10.3 Å². The molecule has 0 aliphatic carbocycles. The van der Waals surface area contributed by atoms with E-state index in [-0.39, 0.29) is 18.6 Å². The van der Waals surface area contributed by atoms with Gasteiger partial charge in [-0.1, -0.05) is 12.8 Å². The number of nitrogens with zero attached hydrogens (tertiary/aromatic N) is 2. The third-order valence-electron chi connectivity index (χ3n) is 3.88. The van der Waals surface area contributed by atoms with E-state index in [1.807, 2.05) is 6.07 Å². The Morgan fingerprint density at radius 1 is 1.62 bits per heavy atom. The summed E-state index contributed by atoms with van der Waals surface area (Å²) in [6.45, 7) is 4.21. The minimum absolute atomic E-state index is 0.200. The van der Waals surface area contributed by atoms with Gasteiger partial charge in [-0.2, -0.15) is 0 Å². The van der Waals surface area contributed by atoms with Crippen LogP contribution >= 0.6 is 0 Å². The fraction of sp³-hybridized carbons (Fsp3) is 0.500. The topological polar surface area (TPSA) is 54.5 Å². The number of methoxy groups -OCH3 is 1. The van der Waals surface area contributed by atoms with Gasteiger partial charge in [0.1, 0.15) is 5.82 Å². The molecule has 1 aromatic rings. The highest BCUT2D eigenvalue weighted by molar-refractivity contribution is 5.94. The first-order valence-electron chi connectivity index (χ1n) is 7.11. The van der Waals surface area contributed by atoms with E-state index in [0.29, 0.717) is 11.5 Å². The maximum Gasteiger partial charge on any atom is 0.253 e. The zero-order valence-electron chi connectivity index (χ0n) is 12.5. The van der Waals surface area contributed by atoms with Gasteiger partial charge < -0.3 is 15.0 Å². The molecule has 1 amide bonds. The summed E-state index contributed by atoms with van der Waals surface area (Å²) in [5, 5.41) is 2.62. The predicted molar refractivity (Wildman–Crippen MR) is 82.2 cm³/mol. The molecule has 5 heteroatoms. The molecule has 5 nitrogen and oxygen atoms in total. The number of rotatable bonds is 4. The molecule has 1 aliphatic rings. The minimum atomic E-state index is -0.200. The molecule has 0 spiro atoms. The molecule has 2 rings (SSSR count). The van der Waals surface area contributed by atoms with Crippen LogP contribution in [0.1, 0.15) is 23.7 Å². The monoisotopic (exact) mass is 287 g/mol. The van der Waals surface area contributed by atoms with Crippen molar-refractivity contribution in [2.75, 3.05) is 31.6 Å². The third-order valence-corrected chi connectivity index (χ3v) is 3.88. The molecule has 21 heavy (non-hydrogen) atoms. The lowest BCUT2D eigenvalue weighted by Crippen LogP contribution is -2.44. The molecule has 112 valence electrons. The van der Waals surface area contributed by atoms with Crippen LogP contribution in [0.5, 0.6) is 0 Å². The van der Waals surface area contributed by atoms with Crippen molar-refractivity contribution in [3.63, 3.8) is 0 Å². The first kappa shape index (κ1) is 15.3. The Morgan fingerprint density at radius 3 is 3.05 bits per heavy atom. The summed E-state index contributed by atoms with van der Waals surface area (Å²) < 4.78 is 5.51. The number of carbonyl (C=O) groups excluding carboxylic acids is 1. The number of ether oxygens (including phenoxy) is 1. The molecular weight excluding hydrogens is 266 g/mol. The Morgan fingerprint density at radius 2 is 2.43 bits per heavy atom. The van der Waals surface area contributed by atoms with Gasteiger partial charge in [-0.25, -0.2) is 4.98 Å². The molecule has 2 unspecified atom stereocenters. The molecule has 2 heterocycles. The maximum absolute atomic E-state index is 11.8. The minimum Gasteiger partial charge on any atom is -0.379 e. The summed E-state index contributed by atoms with van der Waals surface area (Å²) in [4.78, 5) is 18.3. The maximum atomic E-state index is 11.8. The van der Waals surface area contributed by atoms with E-state index >= 15 is 0 Å². The van der Waals surface area contributed by atoms with Crippen LogP contribution in [0.3, 0.4) is 0 Å². The molecular formula is C16H21N3O2. The highest BCUT2D eigenvalue weighted by atomic mass is 16.5. The van der Waals surface area contributed by atoms with Crippen LogP contribution in [0.15, 0.2) is 18.3 Å². The highest BCUT2D eigenvalue weighted by Gasteiger charge is 2.26. The average Bonchev–Trinajstić information content (AvgIpc) is 2.53. The van der Waals surface area contributed by atoms with Crippen LogP contribution in [0.2, 0.25) is 0 Å². The number of pyridine rings is 1. The van der Waals surface area contributed by atoms with Crippen molar-refractivity contribution in [2.45, 2.75) is 19.4 Å². The Balaban J connectivity index is 2.02. The molecule has 0 aromatic carbocycles. The van der Waals surface area contributed by atoms with E-state index in [2.05, 4.69) is 28.0 Å². The molecule has 1 aliphatic heterocycles. The van der Waals surface area contributed by atoms with Crippen LogP contribution in [-0.4, -0.2) is 43.7 Å². The number of aromatic nitrogens is 1. The van der Waals surface area contributed by atoms with E-state index in [9.17, 15) is 4.79 Å². The van der Waals surface area contributed by atoms with Gasteiger partial charge in [0.15, 0.2) is 0 Å². The van der Waals surface area contributed by atoms with Gasteiger partial charge >= 0.3 is 0 Å². The fourth-order valence-electron chi connectivity index (χ4n) is 2.49. The van der Waals surface area contributed by atoms with E-state index in [1.54, 1.807) is 19.4 Å². The zero-order valence-corrected chi connectivity index (χ0v) is 12.5. The molecule has 0 bridgehead atoms.